The van der Waals surface area contributed by atoms with Gasteiger partial charge in [-0.15, -0.1) is 0 Å². The smallest absolute Gasteiger partial charge is 0.326 e. The monoisotopic (exact) mass is 466 g/mol. The molecule has 5 heteroatoms. The lowest BCUT2D eigenvalue weighted by Crippen LogP contribution is -2.55. The van der Waals surface area contributed by atoms with Crippen LogP contribution in [0.4, 0.5) is 0 Å². The maximum atomic E-state index is 13.8. The van der Waals surface area contributed by atoms with Gasteiger partial charge in [-0.05, 0) is 43.1 Å². The predicted molar refractivity (Wildman–Crippen MR) is 137 cm³/mol. The highest BCUT2D eigenvalue weighted by molar-refractivity contribution is 5.91. The van der Waals surface area contributed by atoms with Crippen LogP contribution in [0.15, 0.2) is 91.0 Å². The number of rotatable bonds is 6. The van der Waals surface area contributed by atoms with Crippen molar-refractivity contribution in [2.45, 2.75) is 30.8 Å². The summed E-state index contributed by atoms with van der Waals surface area (Å²) in [4.78, 5) is 29.8. The Morgan fingerprint density at radius 2 is 1.49 bits per heavy atom. The highest BCUT2D eigenvalue weighted by Crippen LogP contribution is 2.31. The Bertz CT molecular complexity index is 1150. The number of nitrogens with zero attached hydrogens (tertiary/aromatic N) is 2. The zero-order chi connectivity index (χ0) is 24.6. The van der Waals surface area contributed by atoms with Crippen molar-refractivity contribution in [1.82, 2.24) is 9.80 Å². The van der Waals surface area contributed by atoms with Crippen molar-refractivity contribution >= 4 is 11.9 Å². The average molecular weight is 467 g/mol. The molecule has 1 aliphatic rings. The van der Waals surface area contributed by atoms with Gasteiger partial charge in [-0.2, -0.15) is 0 Å². The maximum Gasteiger partial charge on any atom is 0.326 e. The van der Waals surface area contributed by atoms with Crippen LogP contribution >= 0.6 is 0 Å². The molecule has 5 nitrogen and oxygen atoms in total. The number of carbonyl (C=O) groups excluding carboxylic acids is 1. The number of aliphatic carboxylic acids is 1. The van der Waals surface area contributed by atoms with Crippen molar-refractivity contribution in [2.24, 2.45) is 0 Å². The van der Waals surface area contributed by atoms with Gasteiger partial charge in [0, 0.05) is 18.2 Å². The average Bonchev–Trinajstić information content (AvgIpc) is 2.90. The van der Waals surface area contributed by atoms with Crippen LogP contribution in [-0.4, -0.2) is 59.0 Å². The zero-order valence-corrected chi connectivity index (χ0v) is 19.9. The second kappa shape index (κ2) is 11.5. The summed E-state index contributed by atoms with van der Waals surface area (Å²) in [6.07, 6.45) is 1.08. The molecule has 1 saturated heterocycles. The van der Waals surface area contributed by atoms with Crippen LogP contribution in [0.1, 0.15) is 35.4 Å². The first kappa shape index (κ1) is 24.3. The number of carboxylic acids is 1. The van der Waals surface area contributed by atoms with E-state index in [0.29, 0.717) is 25.9 Å². The summed E-state index contributed by atoms with van der Waals surface area (Å²) in [5.41, 5.74) is 2.68. The van der Waals surface area contributed by atoms with Gasteiger partial charge in [-0.1, -0.05) is 90.7 Å². The third kappa shape index (κ3) is 5.98. The summed E-state index contributed by atoms with van der Waals surface area (Å²) in [6, 6.07) is 28.1. The number of likely N-dealkylation sites (tertiary alicyclic amines) is 1. The fourth-order valence-electron chi connectivity index (χ4n) is 4.70. The van der Waals surface area contributed by atoms with Crippen molar-refractivity contribution in [2.75, 3.05) is 20.1 Å². The molecule has 3 aromatic carbocycles. The van der Waals surface area contributed by atoms with E-state index in [9.17, 15) is 14.7 Å². The summed E-state index contributed by atoms with van der Waals surface area (Å²) in [6.45, 7) is 0.934. The van der Waals surface area contributed by atoms with Crippen molar-refractivity contribution in [3.63, 3.8) is 0 Å². The molecule has 1 aliphatic heterocycles. The Labute approximate surface area is 207 Å². The van der Waals surface area contributed by atoms with E-state index in [2.05, 4.69) is 16.7 Å². The number of piperidine rings is 1. The Morgan fingerprint density at radius 3 is 2.03 bits per heavy atom. The van der Waals surface area contributed by atoms with E-state index < -0.39 is 17.9 Å². The number of hydrogen-bond acceptors (Lipinski definition) is 3. The Hall–Kier alpha value is -3.88. The van der Waals surface area contributed by atoms with Gasteiger partial charge in [-0.25, -0.2) is 4.79 Å². The molecule has 0 aromatic heterocycles. The molecule has 0 radical (unpaired) electrons. The van der Waals surface area contributed by atoms with Crippen LogP contribution in [0.25, 0.3) is 0 Å². The van der Waals surface area contributed by atoms with Gasteiger partial charge in [0.25, 0.3) is 0 Å². The van der Waals surface area contributed by atoms with E-state index in [1.54, 1.807) is 4.90 Å². The third-order valence-corrected chi connectivity index (χ3v) is 6.61. The molecule has 178 valence electrons. The Kier molecular flexibility index (Phi) is 7.97. The van der Waals surface area contributed by atoms with Gasteiger partial charge in [-0.3, -0.25) is 9.69 Å². The molecule has 0 saturated carbocycles. The van der Waals surface area contributed by atoms with Crippen LogP contribution in [0.5, 0.6) is 0 Å². The molecular weight excluding hydrogens is 436 g/mol. The first-order chi connectivity index (χ1) is 17.0. The minimum absolute atomic E-state index is 0.0390. The van der Waals surface area contributed by atoms with Crippen molar-refractivity contribution < 1.29 is 14.7 Å². The number of benzene rings is 3. The lowest BCUT2D eigenvalue weighted by molar-refractivity contribution is -0.153. The highest BCUT2D eigenvalue weighted by Gasteiger charge is 2.40. The first-order valence-electron chi connectivity index (χ1n) is 11.9. The van der Waals surface area contributed by atoms with Crippen LogP contribution in [-0.2, 0) is 9.59 Å². The maximum absolute atomic E-state index is 13.8. The SMILES string of the molecule is CN(CC#Cc1ccccc1)[C@@H]1CCN(C(=O)C(c2ccccc2)c2ccccc2)[C@H](C(=O)O)C1. The van der Waals surface area contributed by atoms with Crippen LogP contribution in [0.3, 0.4) is 0 Å². The molecule has 0 spiro atoms. The molecule has 0 aliphatic carbocycles. The molecule has 3 aromatic rings. The van der Waals surface area contributed by atoms with Crippen LogP contribution < -0.4 is 0 Å². The molecule has 4 rings (SSSR count). The van der Waals surface area contributed by atoms with Crippen molar-refractivity contribution in [3.8, 4) is 11.8 Å². The van der Waals surface area contributed by atoms with Crippen LogP contribution in [0, 0.1) is 11.8 Å². The van der Waals surface area contributed by atoms with Gasteiger partial charge < -0.3 is 10.0 Å². The predicted octanol–water partition coefficient (Wildman–Crippen LogP) is 4.25. The number of carboxylic acid groups (broad SMARTS) is 1. The molecular formula is C30H30N2O3. The van der Waals surface area contributed by atoms with Crippen molar-refractivity contribution in [1.29, 1.82) is 0 Å². The molecule has 0 bridgehead atoms. The molecule has 2 atom stereocenters. The lowest BCUT2D eigenvalue weighted by Gasteiger charge is -2.41. The van der Waals surface area contributed by atoms with E-state index in [1.807, 2.05) is 98.0 Å². The minimum Gasteiger partial charge on any atom is -0.480 e. The summed E-state index contributed by atoms with van der Waals surface area (Å²) in [7, 11) is 1.97. The van der Waals surface area contributed by atoms with E-state index in [-0.39, 0.29) is 11.9 Å². The molecule has 1 N–H and O–H groups in total. The fraction of sp³-hybridized carbons (Fsp3) is 0.267. The molecule has 1 heterocycles. The largest absolute Gasteiger partial charge is 0.480 e. The summed E-state index contributed by atoms with van der Waals surface area (Å²) < 4.78 is 0. The number of hydrogen-bond donors (Lipinski definition) is 1. The number of amides is 1. The second-order valence-corrected chi connectivity index (χ2v) is 8.90. The van der Waals surface area contributed by atoms with Gasteiger partial charge in [0.05, 0.1) is 12.5 Å². The van der Waals surface area contributed by atoms with Gasteiger partial charge in [0.2, 0.25) is 5.91 Å². The zero-order valence-electron chi connectivity index (χ0n) is 19.9. The van der Waals surface area contributed by atoms with Gasteiger partial charge in [0.1, 0.15) is 6.04 Å². The van der Waals surface area contributed by atoms with E-state index >= 15 is 0 Å². The quantitative estimate of drug-likeness (QED) is 0.552. The highest BCUT2D eigenvalue weighted by atomic mass is 16.4. The molecule has 35 heavy (non-hydrogen) atoms. The van der Waals surface area contributed by atoms with Gasteiger partial charge in [0.15, 0.2) is 0 Å². The standard InChI is InChI=1S/C30H30N2O3/c1-31(20-11-14-23-12-5-2-6-13-23)26-19-21-32(27(22-26)30(34)35)29(33)28(24-15-7-3-8-16-24)25-17-9-4-10-18-25/h2-10,12-13,15-18,26-28H,19-22H2,1H3,(H,34,35)/t26-,27+/m1/s1. The summed E-state index contributed by atoms with van der Waals surface area (Å²) in [5, 5.41) is 10.1. The van der Waals surface area contributed by atoms with Crippen molar-refractivity contribution in [3.05, 3.63) is 108 Å². The Morgan fingerprint density at radius 1 is 0.943 bits per heavy atom. The van der Waals surface area contributed by atoms with E-state index in [4.69, 9.17) is 0 Å². The van der Waals surface area contributed by atoms with E-state index in [0.717, 1.165) is 16.7 Å². The third-order valence-electron chi connectivity index (χ3n) is 6.61. The summed E-state index contributed by atoms with van der Waals surface area (Å²) >= 11 is 0. The molecule has 0 unspecified atom stereocenters. The minimum atomic E-state index is -0.966. The topological polar surface area (TPSA) is 60.9 Å². The second-order valence-electron chi connectivity index (χ2n) is 8.90. The molecule has 1 fully saturated rings. The van der Waals surface area contributed by atoms with E-state index in [1.165, 1.54) is 0 Å². The number of carbonyl (C=O) groups is 2. The molecule has 1 amide bonds. The lowest BCUT2D eigenvalue weighted by atomic mass is 9.87. The van der Waals surface area contributed by atoms with Gasteiger partial charge >= 0.3 is 5.97 Å². The first-order valence-corrected chi connectivity index (χ1v) is 11.9. The summed E-state index contributed by atoms with van der Waals surface area (Å²) in [5.74, 6) is 4.67. The fourth-order valence-corrected chi connectivity index (χ4v) is 4.70. The normalized spacial score (nSPS) is 17.6. The van der Waals surface area contributed by atoms with Crippen LogP contribution in [0.2, 0.25) is 0 Å². The Balaban J connectivity index is 1.50.